The smallest absolute Gasteiger partial charge is 0.276 e. The first-order valence-corrected chi connectivity index (χ1v) is 8.56. The Balaban J connectivity index is 1.59. The lowest BCUT2D eigenvalue weighted by molar-refractivity contribution is 0.102. The van der Waals surface area contributed by atoms with E-state index in [4.69, 9.17) is 10.5 Å². The molecule has 6 nitrogen and oxygen atoms in total. The van der Waals surface area contributed by atoms with E-state index in [9.17, 15) is 4.79 Å². The summed E-state index contributed by atoms with van der Waals surface area (Å²) in [7, 11) is 0. The molecule has 0 atom stereocenters. The Morgan fingerprint density at radius 1 is 1.25 bits per heavy atom. The van der Waals surface area contributed by atoms with Crippen molar-refractivity contribution >= 4 is 11.6 Å². The van der Waals surface area contributed by atoms with E-state index in [0.29, 0.717) is 30.5 Å². The number of aromatic nitrogens is 2. The van der Waals surface area contributed by atoms with E-state index in [2.05, 4.69) is 15.5 Å². The van der Waals surface area contributed by atoms with Gasteiger partial charge in [0.1, 0.15) is 12.4 Å². The first kappa shape index (κ1) is 16.5. The normalized spacial score (nSPS) is 15.2. The van der Waals surface area contributed by atoms with Gasteiger partial charge >= 0.3 is 0 Å². The highest BCUT2D eigenvalue weighted by molar-refractivity contribution is 6.02. The number of anilines is 1. The van der Waals surface area contributed by atoms with Crippen LogP contribution < -0.4 is 15.8 Å². The van der Waals surface area contributed by atoms with Gasteiger partial charge in [-0.25, -0.2) is 0 Å². The van der Waals surface area contributed by atoms with Crippen LogP contribution in [0.4, 0.5) is 5.69 Å². The molecule has 1 aliphatic rings. The number of ether oxygens (including phenoxy) is 1. The van der Waals surface area contributed by atoms with Crippen LogP contribution >= 0.6 is 0 Å². The lowest BCUT2D eigenvalue weighted by Crippen LogP contribution is -2.12. The van der Waals surface area contributed by atoms with Crippen molar-refractivity contribution in [1.29, 1.82) is 0 Å². The van der Waals surface area contributed by atoms with Crippen LogP contribution in [0.5, 0.6) is 5.75 Å². The Hall–Kier alpha value is -2.34. The van der Waals surface area contributed by atoms with Crippen LogP contribution in [0.25, 0.3) is 0 Å². The third kappa shape index (κ3) is 4.14. The van der Waals surface area contributed by atoms with Gasteiger partial charge in [0.05, 0.1) is 0 Å². The molecule has 128 valence electrons. The molecule has 1 heterocycles. The summed E-state index contributed by atoms with van der Waals surface area (Å²) in [5, 5.41) is 10.1. The molecule has 0 unspecified atom stereocenters. The lowest BCUT2D eigenvalue weighted by Gasteiger charge is -2.19. The average molecular weight is 328 g/mol. The lowest BCUT2D eigenvalue weighted by atomic mass is 9.87. The van der Waals surface area contributed by atoms with Crippen molar-refractivity contribution in [3.05, 3.63) is 41.7 Å². The van der Waals surface area contributed by atoms with Crippen LogP contribution in [0.3, 0.4) is 0 Å². The number of nitrogens with two attached hydrogens (primary N) is 1. The van der Waals surface area contributed by atoms with Crippen molar-refractivity contribution in [2.45, 2.75) is 38.0 Å². The number of amides is 1. The predicted molar refractivity (Wildman–Crippen MR) is 93.4 cm³/mol. The Kier molecular flexibility index (Phi) is 5.48. The summed E-state index contributed by atoms with van der Waals surface area (Å²) in [6, 6.07) is 9.10. The highest BCUT2D eigenvalue weighted by Gasteiger charge is 2.19. The van der Waals surface area contributed by atoms with Gasteiger partial charge < -0.3 is 15.8 Å². The Morgan fingerprint density at radius 2 is 2.00 bits per heavy atom. The van der Waals surface area contributed by atoms with Gasteiger partial charge in [0, 0.05) is 23.8 Å². The third-order valence-electron chi connectivity index (χ3n) is 4.37. The number of hydrogen-bond acceptors (Lipinski definition) is 4. The average Bonchev–Trinajstić information content (AvgIpc) is 3.12. The number of hydrogen-bond donors (Lipinski definition) is 3. The summed E-state index contributed by atoms with van der Waals surface area (Å²) < 4.78 is 5.42. The van der Waals surface area contributed by atoms with Crippen LogP contribution in [-0.4, -0.2) is 29.3 Å². The Morgan fingerprint density at radius 3 is 2.71 bits per heavy atom. The van der Waals surface area contributed by atoms with Gasteiger partial charge in [0.15, 0.2) is 5.69 Å². The molecule has 3 rings (SSSR count). The maximum atomic E-state index is 12.3. The third-order valence-corrected chi connectivity index (χ3v) is 4.37. The highest BCUT2D eigenvalue weighted by Crippen LogP contribution is 2.31. The second-order valence-electron chi connectivity index (χ2n) is 6.16. The van der Waals surface area contributed by atoms with Crippen LogP contribution in [0.2, 0.25) is 0 Å². The van der Waals surface area contributed by atoms with Crippen LogP contribution in [0.1, 0.15) is 54.2 Å². The maximum Gasteiger partial charge on any atom is 0.276 e. The Bertz CT molecular complexity index is 660. The zero-order valence-electron chi connectivity index (χ0n) is 13.8. The summed E-state index contributed by atoms with van der Waals surface area (Å²) in [6.45, 7) is 0.948. The van der Waals surface area contributed by atoms with E-state index in [1.165, 1.54) is 32.1 Å². The number of H-pyrrole nitrogens is 1. The number of carbonyl (C=O) groups excluding carboxylic acids is 1. The number of carbonyl (C=O) groups is 1. The van der Waals surface area contributed by atoms with Gasteiger partial charge in [-0.3, -0.25) is 9.89 Å². The van der Waals surface area contributed by atoms with E-state index in [1.807, 2.05) is 18.2 Å². The summed E-state index contributed by atoms with van der Waals surface area (Å²) in [6.07, 6.45) is 6.16. The topological polar surface area (TPSA) is 93.0 Å². The zero-order valence-corrected chi connectivity index (χ0v) is 13.8. The molecule has 1 aromatic carbocycles. The van der Waals surface area contributed by atoms with Crippen molar-refractivity contribution in [1.82, 2.24) is 10.2 Å². The molecule has 0 aliphatic heterocycles. The molecular weight excluding hydrogens is 304 g/mol. The molecule has 24 heavy (non-hydrogen) atoms. The van der Waals surface area contributed by atoms with Gasteiger partial charge in [-0.05, 0) is 43.2 Å². The van der Waals surface area contributed by atoms with Crippen LogP contribution in [0, 0.1) is 0 Å². The standard InChI is InChI=1S/C18H24N4O2/c19-10-11-24-15-8-6-14(7-9-15)20-18(23)17-12-16(21-22-17)13-4-2-1-3-5-13/h6-9,12-13H,1-5,10-11,19H2,(H,20,23)(H,21,22). The molecule has 0 spiro atoms. The minimum Gasteiger partial charge on any atom is -0.492 e. The fourth-order valence-electron chi connectivity index (χ4n) is 3.08. The van der Waals surface area contributed by atoms with Crippen molar-refractivity contribution in [3.8, 4) is 5.75 Å². The first-order valence-electron chi connectivity index (χ1n) is 8.56. The van der Waals surface area contributed by atoms with E-state index in [0.717, 1.165) is 11.4 Å². The van der Waals surface area contributed by atoms with Gasteiger partial charge in [-0.2, -0.15) is 5.10 Å². The van der Waals surface area contributed by atoms with Crippen LogP contribution in [-0.2, 0) is 0 Å². The number of benzene rings is 1. The maximum absolute atomic E-state index is 12.3. The minimum absolute atomic E-state index is 0.205. The number of aromatic amines is 1. The number of nitrogens with zero attached hydrogens (tertiary/aromatic N) is 1. The molecule has 1 aromatic heterocycles. The van der Waals surface area contributed by atoms with E-state index < -0.39 is 0 Å². The second kappa shape index (κ2) is 7.97. The van der Waals surface area contributed by atoms with E-state index in [1.54, 1.807) is 12.1 Å². The molecule has 0 saturated heterocycles. The summed E-state index contributed by atoms with van der Waals surface area (Å²) in [5.41, 5.74) is 7.61. The van der Waals surface area contributed by atoms with Gasteiger partial charge in [-0.1, -0.05) is 19.3 Å². The largest absolute Gasteiger partial charge is 0.492 e. The molecular formula is C18H24N4O2. The summed E-state index contributed by atoms with van der Waals surface area (Å²) in [4.78, 5) is 12.3. The fraction of sp³-hybridized carbons (Fsp3) is 0.444. The SMILES string of the molecule is NCCOc1ccc(NC(=O)c2cc(C3CCCCC3)[nH]n2)cc1. The molecule has 1 amide bonds. The second-order valence-corrected chi connectivity index (χ2v) is 6.16. The quantitative estimate of drug-likeness (QED) is 0.760. The summed E-state index contributed by atoms with van der Waals surface area (Å²) in [5.74, 6) is 1.04. The molecule has 4 N–H and O–H groups in total. The molecule has 1 aliphatic carbocycles. The first-order chi connectivity index (χ1) is 11.8. The number of nitrogens with one attached hydrogen (secondary N) is 2. The highest BCUT2D eigenvalue weighted by atomic mass is 16.5. The fourth-order valence-corrected chi connectivity index (χ4v) is 3.08. The van der Waals surface area contributed by atoms with E-state index in [-0.39, 0.29) is 5.91 Å². The molecule has 2 aromatic rings. The molecule has 6 heteroatoms. The van der Waals surface area contributed by atoms with Crippen molar-refractivity contribution in [2.24, 2.45) is 5.73 Å². The molecule has 1 saturated carbocycles. The predicted octanol–water partition coefficient (Wildman–Crippen LogP) is 3.05. The molecule has 0 radical (unpaired) electrons. The zero-order chi connectivity index (χ0) is 16.8. The monoisotopic (exact) mass is 328 g/mol. The van der Waals surface area contributed by atoms with Crippen molar-refractivity contribution in [2.75, 3.05) is 18.5 Å². The van der Waals surface area contributed by atoms with Crippen molar-refractivity contribution in [3.63, 3.8) is 0 Å². The minimum atomic E-state index is -0.205. The molecule has 0 bridgehead atoms. The Labute approximate surface area is 141 Å². The summed E-state index contributed by atoms with van der Waals surface area (Å²) >= 11 is 0. The van der Waals surface area contributed by atoms with E-state index >= 15 is 0 Å². The van der Waals surface area contributed by atoms with Crippen molar-refractivity contribution < 1.29 is 9.53 Å². The molecule has 1 fully saturated rings. The van der Waals surface area contributed by atoms with Gasteiger partial charge in [0.2, 0.25) is 0 Å². The van der Waals surface area contributed by atoms with Gasteiger partial charge in [-0.15, -0.1) is 0 Å². The van der Waals surface area contributed by atoms with Gasteiger partial charge in [0.25, 0.3) is 5.91 Å². The number of rotatable bonds is 6. The van der Waals surface area contributed by atoms with Crippen LogP contribution in [0.15, 0.2) is 30.3 Å².